The Balaban J connectivity index is 1.83. The van der Waals surface area contributed by atoms with E-state index >= 15 is 0 Å². The first-order valence-corrected chi connectivity index (χ1v) is 11.2. The van der Waals surface area contributed by atoms with Crippen molar-refractivity contribution in [2.75, 3.05) is 25.6 Å². The molecule has 1 aliphatic rings. The summed E-state index contributed by atoms with van der Waals surface area (Å²) in [6, 6.07) is 3.99. The molecule has 1 fully saturated rings. The summed E-state index contributed by atoms with van der Waals surface area (Å²) < 4.78 is 52.0. The molecule has 7 heteroatoms. The summed E-state index contributed by atoms with van der Waals surface area (Å²) >= 11 is 0. The highest BCUT2D eigenvalue weighted by atomic mass is 32.2. The first-order valence-electron chi connectivity index (χ1n) is 9.56. The summed E-state index contributed by atoms with van der Waals surface area (Å²) in [5, 5.41) is 0. The Hall–Kier alpha value is -1.18. The molecule has 27 heavy (non-hydrogen) atoms. The maximum absolute atomic E-state index is 13.9. The zero-order chi connectivity index (χ0) is 20.1. The summed E-state index contributed by atoms with van der Waals surface area (Å²) in [5.74, 6) is 0.160. The normalized spacial score (nSPS) is 16.3. The third kappa shape index (κ3) is 8.58. The minimum absolute atomic E-state index is 0.103. The molecule has 1 saturated carbocycles. The van der Waals surface area contributed by atoms with Crippen molar-refractivity contribution in [2.45, 2.75) is 53.0 Å². The van der Waals surface area contributed by atoms with Crippen LogP contribution in [0.5, 0.6) is 5.75 Å². The monoisotopic (exact) mass is 401 g/mol. The predicted octanol–water partition coefficient (Wildman–Crippen LogP) is 4.05. The molecule has 1 atom stereocenters. The molecule has 154 valence electrons. The fourth-order valence-corrected chi connectivity index (χ4v) is 3.57. The molecular formula is C20H32FNO4S. The lowest BCUT2D eigenvalue weighted by Crippen LogP contribution is -2.31. The number of rotatable bonds is 11. The Morgan fingerprint density at radius 1 is 1.26 bits per heavy atom. The molecule has 0 heterocycles. The van der Waals surface area contributed by atoms with Crippen molar-refractivity contribution >= 4 is 10.0 Å². The predicted molar refractivity (Wildman–Crippen MR) is 105 cm³/mol. The molecule has 0 bridgehead atoms. The van der Waals surface area contributed by atoms with E-state index in [1.807, 2.05) is 0 Å². The lowest BCUT2D eigenvalue weighted by atomic mass is 9.93. The molecule has 0 unspecified atom stereocenters. The summed E-state index contributed by atoms with van der Waals surface area (Å²) in [6.45, 7) is 9.26. The van der Waals surface area contributed by atoms with Crippen molar-refractivity contribution in [2.24, 2.45) is 11.3 Å². The van der Waals surface area contributed by atoms with Crippen molar-refractivity contribution in [3.8, 4) is 5.75 Å². The van der Waals surface area contributed by atoms with Gasteiger partial charge in [-0.3, -0.25) is 0 Å². The number of nitrogens with one attached hydrogen (secondary N) is 1. The van der Waals surface area contributed by atoms with Crippen LogP contribution in [0.15, 0.2) is 18.2 Å². The molecule has 0 aromatic heterocycles. The molecule has 0 saturated heterocycles. The van der Waals surface area contributed by atoms with Crippen molar-refractivity contribution in [3.63, 3.8) is 0 Å². The Morgan fingerprint density at radius 2 is 1.96 bits per heavy atom. The molecule has 0 aliphatic heterocycles. The van der Waals surface area contributed by atoms with Crippen LogP contribution < -0.4 is 9.46 Å². The fraction of sp³-hybridized carbons (Fsp3) is 0.700. The lowest BCUT2D eigenvalue weighted by Gasteiger charge is -2.18. The van der Waals surface area contributed by atoms with Crippen LogP contribution in [0.25, 0.3) is 0 Å². The zero-order valence-electron chi connectivity index (χ0n) is 16.8. The first kappa shape index (κ1) is 22.1. The molecule has 0 spiro atoms. The average molecular weight is 402 g/mol. The van der Waals surface area contributed by atoms with Gasteiger partial charge in [-0.05, 0) is 55.2 Å². The van der Waals surface area contributed by atoms with Crippen LogP contribution in [0.4, 0.5) is 4.39 Å². The summed E-state index contributed by atoms with van der Waals surface area (Å²) in [7, 11) is -3.49. The molecule has 1 aliphatic carbocycles. The largest absolute Gasteiger partial charge is 0.490 e. The lowest BCUT2D eigenvalue weighted by molar-refractivity contribution is 0.120. The van der Waals surface area contributed by atoms with E-state index in [9.17, 15) is 12.8 Å². The number of halogens is 1. The molecule has 0 radical (unpaired) electrons. The third-order valence-corrected chi connectivity index (χ3v) is 5.89. The smallest absolute Gasteiger partial charge is 0.214 e. The van der Waals surface area contributed by atoms with Crippen LogP contribution in [-0.4, -0.2) is 34.0 Å². The van der Waals surface area contributed by atoms with Gasteiger partial charge < -0.3 is 9.47 Å². The average Bonchev–Trinajstić information content (AvgIpc) is 3.36. The van der Waals surface area contributed by atoms with E-state index in [4.69, 9.17) is 9.47 Å². The fourth-order valence-electron chi connectivity index (χ4n) is 2.44. The van der Waals surface area contributed by atoms with Gasteiger partial charge in [-0.2, -0.15) is 0 Å². The van der Waals surface area contributed by atoms with Crippen LogP contribution in [0.2, 0.25) is 0 Å². The Labute approximate surface area is 162 Å². The number of hydrogen-bond donors (Lipinski definition) is 1. The van der Waals surface area contributed by atoms with E-state index in [1.165, 1.54) is 6.07 Å². The van der Waals surface area contributed by atoms with Gasteiger partial charge in [0.25, 0.3) is 0 Å². The van der Waals surface area contributed by atoms with Crippen LogP contribution >= 0.6 is 0 Å². The van der Waals surface area contributed by atoms with E-state index in [1.54, 1.807) is 19.1 Å². The Kier molecular flexibility index (Phi) is 7.65. The van der Waals surface area contributed by atoms with Gasteiger partial charge in [0.1, 0.15) is 0 Å². The van der Waals surface area contributed by atoms with Crippen LogP contribution in [-0.2, 0) is 14.8 Å². The van der Waals surface area contributed by atoms with Gasteiger partial charge >= 0.3 is 0 Å². The SMILES string of the molecule is C[C@@H](NS(=O)(=O)CCOCCC(C)(C)C)c1ccc(F)c(OCC2CC2)c1. The van der Waals surface area contributed by atoms with Gasteiger partial charge in [0, 0.05) is 12.6 Å². The number of benzene rings is 1. The van der Waals surface area contributed by atoms with Crippen molar-refractivity contribution in [1.29, 1.82) is 0 Å². The summed E-state index contributed by atoms with van der Waals surface area (Å²) in [6.07, 6.45) is 3.11. The molecule has 1 aromatic carbocycles. The third-order valence-electron chi connectivity index (χ3n) is 4.48. The van der Waals surface area contributed by atoms with Crippen molar-refractivity contribution in [1.82, 2.24) is 4.72 Å². The van der Waals surface area contributed by atoms with Gasteiger partial charge in [0.05, 0.1) is 19.0 Å². The highest BCUT2D eigenvalue weighted by molar-refractivity contribution is 7.89. The molecule has 2 rings (SSSR count). The van der Waals surface area contributed by atoms with E-state index in [0.717, 1.165) is 19.3 Å². The summed E-state index contributed by atoms with van der Waals surface area (Å²) in [4.78, 5) is 0. The van der Waals surface area contributed by atoms with Gasteiger partial charge in [-0.25, -0.2) is 17.5 Å². The highest BCUT2D eigenvalue weighted by Crippen LogP contribution is 2.31. The molecule has 5 nitrogen and oxygen atoms in total. The Morgan fingerprint density at radius 3 is 2.59 bits per heavy atom. The second-order valence-corrected chi connectivity index (χ2v) is 10.4. The number of ether oxygens (including phenoxy) is 2. The van der Waals surface area contributed by atoms with Crippen LogP contribution in [0.1, 0.15) is 58.6 Å². The van der Waals surface area contributed by atoms with Crippen molar-refractivity contribution < 1.29 is 22.3 Å². The van der Waals surface area contributed by atoms with E-state index in [-0.39, 0.29) is 23.5 Å². The maximum atomic E-state index is 13.9. The van der Waals surface area contributed by atoms with Crippen LogP contribution in [0.3, 0.4) is 0 Å². The minimum Gasteiger partial charge on any atom is -0.490 e. The second-order valence-electron chi connectivity index (χ2n) is 8.53. The second kappa shape index (κ2) is 9.34. The number of hydrogen-bond acceptors (Lipinski definition) is 4. The first-order chi connectivity index (χ1) is 12.6. The van der Waals surface area contributed by atoms with E-state index < -0.39 is 21.9 Å². The van der Waals surface area contributed by atoms with Gasteiger partial charge in [-0.1, -0.05) is 26.8 Å². The van der Waals surface area contributed by atoms with Gasteiger partial charge in [0.2, 0.25) is 10.0 Å². The van der Waals surface area contributed by atoms with Gasteiger partial charge in [0.15, 0.2) is 11.6 Å². The summed E-state index contributed by atoms with van der Waals surface area (Å²) in [5.41, 5.74) is 0.826. The molecular weight excluding hydrogens is 369 g/mol. The Bertz CT molecular complexity index is 711. The van der Waals surface area contributed by atoms with Crippen LogP contribution in [0, 0.1) is 17.2 Å². The highest BCUT2D eigenvalue weighted by Gasteiger charge is 2.23. The maximum Gasteiger partial charge on any atom is 0.214 e. The minimum atomic E-state index is -3.49. The van der Waals surface area contributed by atoms with Crippen molar-refractivity contribution in [3.05, 3.63) is 29.6 Å². The topological polar surface area (TPSA) is 64.6 Å². The zero-order valence-corrected chi connectivity index (χ0v) is 17.6. The quantitative estimate of drug-likeness (QED) is 0.568. The van der Waals surface area contributed by atoms with E-state index in [0.29, 0.717) is 24.7 Å². The molecule has 1 aromatic rings. The number of sulfonamides is 1. The van der Waals surface area contributed by atoms with Gasteiger partial charge in [-0.15, -0.1) is 0 Å². The molecule has 0 amide bonds. The standard InChI is InChI=1S/C20H32FNO4S/c1-15(22-27(23,24)12-11-25-10-9-20(2,3)4)17-7-8-18(21)19(13-17)26-14-16-5-6-16/h7-8,13,15-16,22H,5-6,9-12,14H2,1-4H3/t15-/m1/s1. The van der Waals surface area contributed by atoms with E-state index in [2.05, 4.69) is 25.5 Å². The molecule has 1 N–H and O–H groups in total.